The van der Waals surface area contributed by atoms with Gasteiger partial charge in [-0.1, -0.05) is 45.9 Å². The predicted octanol–water partition coefficient (Wildman–Crippen LogP) is 3.71. The maximum Gasteiger partial charge on any atom is 0.322 e. The third kappa shape index (κ3) is 3.14. The predicted molar refractivity (Wildman–Crippen MR) is 112 cm³/mol. The van der Waals surface area contributed by atoms with Crippen LogP contribution in [0.5, 0.6) is 0 Å². The fourth-order valence-corrected chi connectivity index (χ4v) is 5.77. The normalized spacial score (nSPS) is 34.4. The molecular weight excluding hydrogens is 350 g/mol. The summed E-state index contributed by atoms with van der Waals surface area (Å²) in [5.41, 5.74) is 2.28. The fourth-order valence-electron chi connectivity index (χ4n) is 5.77. The van der Waals surface area contributed by atoms with Crippen LogP contribution >= 0.6 is 0 Å². The zero-order valence-electron chi connectivity index (χ0n) is 17.6. The first-order valence-electron chi connectivity index (χ1n) is 10.9. The Labute approximate surface area is 168 Å². The van der Waals surface area contributed by atoms with Gasteiger partial charge in [0.15, 0.2) is 0 Å². The second-order valence-corrected chi connectivity index (χ2v) is 9.22. The van der Waals surface area contributed by atoms with Crippen molar-refractivity contribution < 1.29 is 9.59 Å². The quantitative estimate of drug-likeness (QED) is 0.804. The number of rotatable bonds is 1. The molecule has 4 fully saturated rings. The molecule has 0 saturated carbocycles. The average molecular weight is 384 g/mol. The number of benzene rings is 1. The highest BCUT2D eigenvalue weighted by Crippen LogP contribution is 2.42. The molecule has 5 nitrogen and oxygen atoms in total. The molecule has 28 heavy (non-hydrogen) atoms. The summed E-state index contributed by atoms with van der Waals surface area (Å²) in [5.74, 6) is 0.703. The van der Waals surface area contributed by atoms with Crippen LogP contribution in [0.4, 0.5) is 10.5 Å². The van der Waals surface area contributed by atoms with Crippen LogP contribution in [0.3, 0.4) is 0 Å². The molecule has 2 amide bonds. The van der Waals surface area contributed by atoms with E-state index in [2.05, 4.69) is 42.3 Å². The van der Waals surface area contributed by atoms with E-state index in [1.807, 2.05) is 24.8 Å². The van der Waals surface area contributed by atoms with Gasteiger partial charge in [-0.3, -0.25) is 14.6 Å². The Morgan fingerprint density at radius 3 is 2.36 bits per heavy atom. The van der Waals surface area contributed by atoms with Gasteiger partial charge >= 0.3 is 6.03 Å². The molecule has 0 spiro atoms. The lowest BCUT2D eigenvalue weighted by Gasteiger charge is -2.54. The molecule has 1 N–H and O–H groups in total. The first-order chi connectivity index (χ1) is 13.4. The number of fused-ring (bicyclic) bond motifs is 2. The van der Waals surface area contributed by atoms with Crippen molar-refractivity contribution >= 4 is 17.5 Å². The minimum Gasteiger partial charge on any atom is -0.335 e. The van der Waals surface area contributed by atoms with E-state index in [-0.39, 0.29) is 23.4 Å². The van der Waals surface area contributed by atoms with Gasteiger partial charge in [0, 0.05) is 41.7 Å². The van der Waals surface area contributed by atoms with Gasteiger partial charge in [0.2, 0.25) is 0 Å². The number of anilines is 1. The van der Waals surface area contributed by atoms with Crippen LogP contribution in [0.1, 0.15) is 58.9 Å². The Morgan fingerprint density at radius 1 is 1.07 bits per heavy atom. The monoisotopic (exact) mass is 383 g/mol. The minimum absolute atomic E-state index is 0.0117. The maximum absolute atomic E-state index is 13.0. The van der Waals surface area contributed by atoms with E-state index in [1.54, 1.807) is 0 Å². The molecule has 5 heteroatoms. The van der Waals surface area contributed by atoms with E-state index in [0.29, 0.717) is 24.4 Å². The number of urea groups is 1. The van der Waals surface area contributed by atoms with Crippen LogP contribution in [0, 0.1) is 5.92 Å². The molecule has 2 unspecified atom stereocenters. The SMILES string of the molecule is CC.CC1(C)CN(C(=O)NC2CC3CC4CC(C2)N3CC4=O)c2ccccc21. The zero-order valence-corrected chi connectivity index (χ0v) is 17.6. The van der Waals surface area contributed by atoms with E-state index in [4.69, 9.17) is 0 Å². The minimum atomic E-state index is -0.0117. The number of nitrogens with one attached hydrogen (secondary N) is 1. The molecule has 0 aromatic heterocycles. The topological polar surface area (TPSA) is 52.7 Å². The van der Waals surface area contributed by atoms with Gasteiger partial charge < -0.3 is 5.32 Å². The molecular formula is C23H33N3O2. The van der Waals surface area contributed by atoms with Crippen molar-refractivity contribution in [1.29, 1.82) is 0 Å². The Hall–Kier alpha value is -1.88. The summed E-state index contributed by atoms with van der Waals surface area (Å²) in [4.78, 5) is 29.3. The van der Waals surface area contributed by atoms with E-state index in [1.165, 1.54) is 5.56 Å². The van der Waals surface area contributed by atoms with Crippen LogP contribution in [0.25, 0.3) is 0 Å². The number of ketones is 1. The fraction of sp³-hybridized carbons (Fsp3) is 0.652. The third-order valence-corrected chi connectivity index (χ3v) is 7.01. The Morgan fingerprint density at radius 2 is 1.71 bits per heavy atom. The van der Waals surface area contributed by atoms with Crippen molar-refractivity contribution in [2.45, 2.75) is 76.9 Å². The van der Waals surface area contributed by atoms with Crippen LogP contribution in [0.15, 0.2) is 24.3 Å². The molecule has 6 rings (SSSR count). The van der Waals surface area contributed by atoms with Crippen molar-refractivity contribution in [3.8, 4) is 0 Å². The van der Waals surface area contributed by atoms with Crippen molar-refractivity contribution in [2.75, 3.05) is 18.0 Å². The Bertz CT molecular complexity index is 759. The highest BCUT2D eigenvalue weighted by atomic mass is 16.2. The average Bonchev–Trinajstić information content (AvgIpc) is 2.95. The lowest BCUT2D eigenvalue weighted by molar-refractivity contribution is -0.141. The largest absolute Gasteiger partial charge is 0.335 e. The molecule has 2 atom stereocenters. The molecule has 5 aliphatic heterocycles. The second-order valence-electron chi connectivity index (χ2n) is 9.22. The summed E-state index contributed by atoms with van der Waals surface area (Å²) < 4.78 is 0. The van der Waals surface area contributed by atoms with E-state index >= 15 is 0 Å². The van der Waals surface area contributed by atoms with Crippen LogP contribution in [-0.4, -0.2) is 47.9 Å². The van der Waals surface area contributed by atoms with Crippen molar-refractivity contribution in [1.82, 2.24) is 10.2 Å². The highest BCUT2D eigenvalue weighted by Gasteiger charge is 2.49. The molecule has 152 valence electrons. The van der Waals surface area contributed by atoms with Gasteiger partial charge in [-0.2, -0.15) is 0 Å². The number of Topliss-reactive ketones (excluding diaryl/α,β-unsaturated/α-hetero) is 1. The lowest BCUT2D eigenvalue weighted by Crippen LogP contribution is -2.65. The standard InChI is InChI=1S/C21H27N3O2.C2H6/c1-21(2)12-24(18-6-4-3-5-17(18)21)20(26)22-14-9-15-7-13-8-16(10-14)23(15)11-19(13)25;1-2/h3-6,13-16H,7-12H2,1-2H3,(H,22,26);1-2H3. The van der Waals surface area contributed by atoms with E-state index in [0.717, 1.165) is 37.9 Å². The molecule has 5 heterocycles. The number of piperidine rings is 4. The summed E-state index contributed by atoms with van der Waals surface area (Å²) >= 11 is 0. The summed E-state index contributed by atoms with van der Waals surface area (Å²) in [6, 6.07) is 9.44. The smallest absolute Gasteiger partial charge is 0.322 e. The Balaban J connectivity index is 0.000000932. The van der Waals surface area contributed by atoms with Gasteiger partial charge in [0.25, 0.3) is 0 Å². The van der Waals surface area contributed by atoms with Gasteiger partial charge in [-0.25, -0.2) is 4.79 Å². The van der Waals surface area contributed by atoms with Crippen molar-refractivity contribution in [2.24, 2.45) is 5.92 Å². The number of nitrogens with zero attached hydrogens (tertiary/aromatic N) is 2. The maximum atomic E-state index is 13.0. The van der Waals surface area contributed by atoms with E-state index < -0.39 is 0 Å². The lowest BCUT2D eigenvalue weighted by atomic mass is 9.71. The van der Waals surface area contributed by atoms with Gasteiger partial charge in [0.1, 0.15) is 5.78 Å². The molecule has 0 aliphatic carbocycles. The Kier molecular flexibility index (Phi) is 4.98. The molecule has 4 bridgehead atoms. The third-order valence-electron chi connectivity index (χ3n) is 7.01. The van der Waals surface area contributed by atoms with Gasteiger partial charge in [0.05, 0.1) is 6.54 Å². The summed E-state index contributed by atoms with van der Waals surface area (Å²) in [6.45, 7) is 9.76. The number of hydrogen-bond donors (Lipinski definition) is 1. The summed E-state index contributed by atoms with van der Waals surface area (Å²) in [5, 5.41) is 3.31. The van der Waals surface area contributed by atoms with Gasteiger partial charge in [-0.05, 0) is 37.3 Å². The first kappa shape index (κ1) is 19.4. The number of para-hydroxylation sites is 1. The molecule has 1 aromatic carbocycles. The summed E-state index contributed by atoms with van der Waals surface area (Å²) in [6.07, 6.45) is 3.93. The molecule has 0 radical (unpaired) electrons. The van der Waals surface area contributed by atoms with Crippen molar-refractivity contribution in [3.05, 3.63) is 29.8 Å². The number of carbonyl (C=O) groups excluding carboxylic acids is 2. The number of carbonyl (C=O) groups is 2. The van der Waals surface area contributed by atoms with Crippen LogP contribution in [0.2, 0.25) is 0 Å². The van der Waals surface area contributed by atoms with Crippen LogP contribution in [-0.2, 0) is 10.2 Å². The highest BCUT2D eigenvalue weighted by molar-refractivity contribution is 5.95. The molecule has 1 aromatic rings. The summed E-state index contributed by atoms with van der Waals surface area (Å²) in [7, 11) is 0. The van der Waals surface area contributed by atoms with E-state index in [9.17, 15) is 9.59 Å². The van der Waals surface area contributed by atoms with Crippen molar-refractivity contribution in [3.63, 3.8) is 0 Å². The van der Waals surface area contributed by atoms with Crippen LogP contribution < -0.4 is 10.2 Å². The zero-order chi connectivity index (χ0) is 20.1. The molecule has 5 aliphatic rings. The number of hydrogen-bond acceptors (Lipinski definition) is 3. The molecule has 4 saturated heterocycles. The number of amides is 2. The van der Waals surface area contributed by atoms with Gasteiger partial charge in [-0.15, -0.1) is 0 Å². The first-order valence-corrected chi connectivity index (χ1v) is 10.9. The second kappa shape index (κ2) is 7.18.